The summed E-state index contributed by atoms with van der Waals surface area (Å²) in [4.78, 5) is 31.5. The minimum Gasteiger partial charge on any atom is -0.508 e. The summed E-state index contributed by atoms with van der Waals surface area (Å²) in [5.41, 5.74) is 2.38. The number of carbonyl (C=O) groups is 1. The molecule has 14 nitrogen and oxygen atoms in total. The number of hydrogen-bond acceptors (Lipinski definition) is 13. The fraction of sp³-hybridized carbons (Fsp3) is 0.407. The zero-order valence-corrected chi connectivity index (χ0v) is 25.1. The van der Waals surface area contributed by atoms with E-state index >= 15 is 0 Å². The lowest BCUT2D eigenvalue weighted by molar-refractivity contribution is 0.102. The number of hydrogen-bond donors (Lipinski definition) is 8. The molecular weight excluding hydrogens is 562 g/mol. The first-order chi connectivity index (χ1) is 18.0. The van der Waals surface area contributed by atoms with E-state index in [0.717, 1.165) is 69.2 Å². The van der Waals surface area contributed by atoms with Crippen LogP contribution in [0.4, 0.5) is 29.2 Å². The Morgan fingerprint density at radius 1 is 0.786 bits per heavy atom. The molecule has 15 heteroatoms. The van der Waals surface area contributed by atoms with Crippen molar-refractivity contribution in [1.29, 1.82) is 0 Å². The minimum atomic E-state index is -0.465. The summed E-state index contributed by atoms with van der Waals surface area (Å²) >= 11 is 0. The Morgan fingerprint density at radius 3 is 1.83 bits per heavy atom. The van der Waals surface area contributed by atoms with Crippen LogP contribution in [0.25, 0.3) is 0 Å². The molecule has 0 saturated carbocycles. The molecule has 16 N–H and O–H groups in total. The van der Waals surface area contributed by atoms with Gasteiger partial charge in [0.2, 0.25) is 17.8 Å². The van der Waals surface area contributed by atoms with Crippen molar-refractivity contribution in [3.8, 4) is 11.5 Å². The number of phenolic OH excluding ortho intramolecular Hbond substituents is 2. The van der Waals surface area contributed by atoms with Crippen LogP contribution in [0.5, 0.6) is 11.5 Å². The van der Waals surface area contributed by atoms with Gasteiger partial charge in [-0.3, -0.25) is 4.79 Å². The van der Waals surface area contributed by atoms with E-state index in [1.165, 1.54) is 25.0 Å². The van der Waals surface area contributed by atoms with E-state index in [0.29, 0.717) is 23.5 Å². The van der Waals surface area contributed by atoms with Crippen LogP contribution in [-0.4, -0.2) is 57.3 Å². The summed E-state index contributed by atoms with van der Waals surface area (Å²) in [6.45, 7) is 5.74. The van der Waals surface area contributed by atoms with Crippen LogP contribution in [0.1, 0.15) is 60.2 Å². The van der Waals surface area contributed by atoms with Gasteiger partial charge in [-0.15, -0.1) is 12.4 Å². The maximum absolute atomic E-state index is 12.6. The van der Waals surface area contributed by atoms with Crippen LogP contribution < -0.4 is 45.0 Å². The third kappa shape index (κ3) is 9.03. The lowest BCUT2D eigenvalue weighted by atomic mass is 10.1. The quantitative estimate of drug-likeness (QED) is 0.145. The highest BCUT2D eigenvalue weighted by molar-refractivity contribution is 6.06. The number of amides is 1. The third-order valence-electron chi connectivity index (χ3n) is 6.85. The molecule has 2 fully saturated rings. The predicted octanol–water partition coefficient (Wildman–Crippen LogP) is 6.62. The second-order valence-corrected chi connectivity index (χ2v) is 9.66. The number of aromatic nitrogens is 3. The Kier molecular flexibility index (Phi) is 15.5. The molecule has 3 heterocycles. The number of rotatable bonds is 6. The van der Waals surface area contributed by atoms with E-state index in [2.05, 4.69) is 20.4 Å². The molecular formula is C27H54ClN11O3. The number of piperidine rings is 2. The van der Waals surface area contributed by atoms with Gasteiger partial charge < -0.3 is 55.2 Å². The third-order valence-corrected chi connectivity index (χ3v) is 6.85. The first-order valence-corrected chi connectivity index (χ1v) is 12.9. The van der Waals surface area contributed by atoms with Gasteiger partial charge in [0.15, 0.2) is 0 Å². The summed E-state index contributed by atoms with van der Waals surface area (Å²) < 4.78 is 0. The van der Waals surface area contributed by atoms with E-state index in [1.807, 2.05) is 19.1 Å². The van der Waals surface area contributed by atoms with Crippen molar-refractivity contribution in [3.05, 3.63) is 47.5 Å². The molecule has 1 amide bonds. The smallest absolute Gasteiger partial charge is 0.259 e. The second-order valence-electron chi connectivity index (χ2n) is 9.66. The van der Waals surface area contributed by atoms with E-state index in [1.54, 1.807) is 6.07 Å². The van der Waals surface area contributed by atoms with Crippen LogP contribution in [0.15, 0.2) is 36.4 Å². The fourth-order valence-electron chi connectivity index (χ4n) is 4.79. The van der Waals surface area contributed by atoms with Crippen molar-refractivity contribution in [2.24, 2.45) is 0 Å². The van der Waals surface area contributed by atoms with Gasteiger partial charge in [0.1, 0.15) is 11.5 Å². The molecule has 0 spiro atoms. The van der Waals surface area contributed by atoms with Gasteiger partial charge >= 0.3 is 0 Å². The van der Waals surface area contributed by atoms with E-state index in [-0.39, 0.29) is 59.8 Å². The highest BCUT2D eigenvalue weighted by Crippen LogP contribution is 2.28. The standard InChI is InChI=1S/C27H33N7O3.ClH.4H3N.4H2/c1-18-16-19(28-24(37)21-10-9-20(35)17-23(21)36)8-11-22(18)29-25-30-26(33-12-4-2-5-13-33)32-27(31-25)34-14-6-3-7-15-34;;;;;;;;;/h8-11,16-17,35-36H,2-7,12-15H2,1H3,(H,28,37)(H,29,30,31,32);1H;4*1H3;4*1H. The number of anilines is 5. The topological polar surface area (TPSA) is 267 Å². The zero-order chi connectivity index (χ0) is 25.8. The number of aromatic hydroxyl groups is 2. The molecule has 0 aliphatic carbocycles. The Morgan fingerprint density at radius 2 is 1.33 bits per heavy atom. The van der Waals surface area contributed by atoms with Gasteiger partial charge in [-0.1, -0.05) is 0 Å². The number of benzene rings is 2. The SMILES string of the molecule is Cc1cc(NC(=O)c2ccc(O)cc2O)ccc1Nc1nc(N2CCCCC2)nc(N2CCCCC2)n1.Cl.N.N.N.N.[HH].[HH].[HH].[HH]. The number of nitrogens with one attached hydrogen (secondary N) is 2. The molecule has 0 bridgehead atoms. The summed E-state index contributed by atoms with van der Waals surface area (Å²) in [5, 5.41) is 25.6. The predicted molar refractivity (Wildman–Crippen MR) is 180 cm³/mol. The molecule has 2 aliphatic rings. The van der Waals surface area contributed by atoms with Gasteiger partial charge in [-0.25, -0.2) is 0 Å². The van der Waals surface area contributed by atoms with Gasteiger partial charge in [0, 0.05) is 49.3 Å². The average molecular weight is 616 g/mol. The average Bonchev–Trinajstić information content (AvgIpc) is 2.91. The van der Waals surface area contributed by atoms with Crippen LogP contribution in [-0.2, 0) is 0 Å². The molecule has 242 valence electrons. The van der Waals surface area contributed by atoms with E-state index in [9.17, 15) is 15.0 Å². The summed E-state index contributed by atoms with van der Waals surface area (Å²) in [7, 11) is 0. The monoisotopic (exact) mass is 615 g/mol. The maximum atomic E-state index is 12.6. The summed E-state index contributed by atoms with van der Waals surface area (Å²) in [5.74, 6) is 1.08. The first kappa shape index (κ1) is 38.0. The Labute approximate surface area is 259 Å². The zero-order valence-electron chi connectivity index (χ0n) is 24.3. The maximum Gasteiger partial charge on any atom is 0.259 e. The highest BCUT2D eigenvalue weighted by Gasteiger charge is 2.21. The molecule has 0 unspecified atom stereocenters. The lowest BCUT2D eigenvalue weighted by Crippen LogP contribution is -2.34. The minimum absolute atomic E-state index is 0. The fourth-order valence-corrected chi connectivity index (χ4v) is 4.79. The lowest BCUT2D eigenvalue weighted by Gasteiger charge is -2.30. The summed E-state index contributed by atoms with van der Waals surface area (Å²) in [6, 6.07) is 9.37. The Bertz CT molecular complexity index is 1270. The normalized spacial score (nSPS) is 14.0. The molecule has 2 aliphatic heterocycles. The van der Waals surface area contributed by atoms with Crippen molar-refractivity contribution in [2.45, 2.75) is 45.4 Å². The molecule has 1 aromatic heterocycles. The van der Waals surface area contributed by atoms with Gasteiger partial charge in [0.05, 0.1) is 5.56 Å². The Balaban J connectivity index is -0.000000623. The van der Waals surface area contributed by atoms with E-state index in [4.69, 9.17) is 15.0 Å². The Hall–Kier alpha value is -3.95. The molecule has 3 aromatic rings. The van der Waals surface area contributed by atoms with E-state index < -0.39 is 5.91 Å². The van der Waals surface area contributed by atoms with Crippen LogP contribution in [0.2, 0.25) is 0 Å². The number of phenols is 2. The van der Waals surface area contributed by atoms with Gasteiger partial charge in [-0.05, 0) is 81.3 Å². The van der Waals surface area contributed by atoms with Crippen LogP contribution in [0, 0.1) is 6.92 Å². The summed E-state index contributed by atoms with van der Waals surface area (Å²) in [6.07, 6.45) is 7.03. The molecule has 0 radical (unpaired) electrons. The first-order valence-electron chi connectivity index (χ1n) is 12.9. The number of nitrogens with zero attached hydrogens (tertiary/aromatic N) is 5. The van der Waals surface area contributed by atoms with Crippen LogP contribution >= 0.6 is 12.4 Å². The molecule has 5 rings (SSSR count). The molecule has 0 atom stereocenters. The van der Waals surface area contributed by atoms with Gasteiger partial charge in [-0.2, -0.15) is 15.0 Å². The van der Waals surface area contributed by atoms with Crippen molar-refractivity contribution in [2.75, 3.05) is 46.6 Å². The number of halogens is 1. The molecule has 2 aromatic carbocycles. The van der Waals surface area contributed by atoms with Crippen molar-refractivity contribution in [1.82, 2.24) is 39.6 Å². The van der Waals surface area contributed by atoms with Crippen molar-refractivity contribution < 1.29 is 20.7 Å². The number of aryl methyl sites for hydroxylation is 1. The van der Waals surface area contributed by atoms with Crippen molar-refractivity contribution in [3.63, 3.8) is 0 Å². The molecule has 2 saturated heterocycles. The van der Waals surface area contributed by atoms with Crippen molar-refractivity contribution >= 4 is 47.5 Å². The van der Waals surface area contributed by atoms with Crippen LogP contribution in [0.3, 0.4) is 0 Å². The largest absolute Gasteiger partial charge is 0.508 e. The molecule has 42 heavy (non-hydrogen) atoms. The van der Waals surface area contributed by atoms with Gasteiger partial charge in [0.25, 0.3) is 5.91 Å². The highest BCUT2D eigenvalue weighted by atomic mass is 35.5. The second kappa shape index (κ2) is 17.1. The number of carbonyl (C=O) groups excluding carboxylic acids is 1.